The number of hydrogen-bond donors (Lipinski definition) is 1. The molecule has 13 heavy (non-hydrogen) atoms. The molecule has 0 aromatic carbocycles. The van der Waals surface area contributed by atoms with Crippen LogP contribution in [0.4, 0.5) is 0 Å². The van der Waals surface area contributed by atoms with Gasteiger partial charge < -0.3 is 10.1 Å². The first-order chi connectivity index (χ1) is 6.35. The van der Waals surface area contributed by atoms with Gasteiger partial charge in [0.15, 0.2) is 0 Å². The van der Waals surface area contributed by atoms with Gasteiger partial charge in [0, 0.05) is 19.3 Å². The van der Waals surface area contributed by atoms with Gasteiger partial charge in [-0.1, -0.05) is 13.8 Å². The molecule has 0 spiro atoms. The van der Waals surface area contributed by atoms with Crippen LogP contribution in [0.1, 0.15) is 46.5 Å². The fraction of sp³-hybridized carbons (Fsp3) is 1.00. The molecular formula is C11H25NO. The number of ether oxygens (including phenoxy) is 1. The molecule has 0 saturated heterocycles. The van der Waals surface area contributed by atoms with Crippen molar-refractivity contribution in [3.63, 3.8) is 0 Å². The van der Waals surface area contributed by atoms with Gasteiger partial charge in [-0.25, -0.2) is 0 Å². The Balaban J connectivity index is 3.17. The summed E-state index contributed by atoms with van der Waals surface area (Å²) in [6, 6.07) is 0.714. The van der Waals surface area contributed by atoms with Crippen LogP contribution in [0.2, 0.25) is 0 Å². The predicted molar refractivity (Wildman–Crippen MR) is 58.1 cm³/mol. The van der Waals surface area contributed by atoms with Crippen molar-refractivity contribution in [3.05, 3.63) is 0 Å². The van der Waals surface area contributed by atoms with E-state index in [2.05, 4.69) is 19.2 Å². The summed E-state index contributed by atoms with van der Waals surface area (Å²) < 4.78 is 5.29. The molecule has 0 aromatic rings. The Kier molecular flexibility index (Phi) is 9.94. The molecule has 0 heterocycles. The average molecular weight is 187 g/mol. The number of hydrogen-bond acceptors (Lipinski definition) is 2. The highest BCUT2D eigenvalue weighted by Crippen LogP contribution is 2.04. The van der Waals surface area contributed by atoms with Crippen LogP contribution >= 0.6 is 0 Å². The lowest BCUT2D eigenvalue weighted by molar-refractivity contribution is 0.142. The van der Waals surface area contributed by atoms with Crippen LogP contribution in [0.15, 0.2) is 0 Å². The lowest BCUT2D eigenvalue weighted by Crippen LogP contribution is -2.27. The van der Waals surface area contributed by atoms with E-state index in [0.29, 0.717) is 6.04 Å². The molecule has 1 N–H and O–H groups in total. The van der Waals surface area contributed by atoms with E-state index in [-0.39, 0.29) is 0 Å². The molecular weight excluding hydrogens is 162 g/mol. The summed E-state index contributed by atoms with van der Waals surface area (Å²) in [6.07, 6.45) is 5.02. The second-order valence-corrected chi connectivity index (χ2v) is 3.36. The van der Waals surface area contributed by atoms with Gasteiger partial charge in [0.05, 0.1) is 0 Å². The van der Waals surface area contributed by atoms with E-state index in [4.69, 9.17) is 4.74 Å². The second kappa shape index (κ2) is 10.0. The molecule has 0 fully saturated rings. The van der Waals surface area contributed by atoms with Crippen molar-refractivity contribution in [2.45, 2.75) is 52.5 Å². The SMILES string of the molecule is CCNC(CC)CCCCOCC. The van der Waals surface area contributed by atoms with Crippen molar-refractivity contribution in [1.29, 1.82) is 0 Å². The zero-order chi connectivity index (χ0) is 9.94. The normalized spacial score (nSPS) is 13.2. The fourth-order valence-electron chi connectivity index (χ4n) is 1.48. The number of nitrogens with one attached hydrogen (secondary N) is 1. The molecule has 0 aliphatic heterocycles. The number of rotatable bonds is 9. The second-order valence-electron chi connectivity index (χ2n) is 3.36. The Morgan fingerprint density at radius 1 is 1.15 bits per heavy atom. The standard InChI is InChI=1S/C11H25NO/c1-4-11(12-5-2)9-7-8-10-13-6-3/h11-12H,4-10H2,1-3H3. The molecule has 80 valence electrons. The third-order valence-electron chi connectivity index (χ3n) is 2.28. The predicted octanol–water partition coefficient (Wildman–Crippen LogP) is 2.58. The zero-order valence-electron chi connectivity index (χ0n) is 9.44. The summed E-state index contributed by atoms with van der Waals surface area (Å²) in [7, 11) is 0. The van der Waals surface area contributed by atoms with E-state index in [9.17, 15) is 0 Å². The molecule has 1 unspecified atom stereocenters. The first-order valence-corrected chi connectivity index (χ1v) is 5.66. The molecule has 0 radical (unpaired) electrons. The zero-order valence-corrected chi connectivity index (χ0v) is 9.44. The molecule has 0 aliphatic rings. The van der Waals surface area contributed by atoms with Crippen LogP contribution in [0.25, 0.3) is 0 Å². The van der Waals surface area contributed by atoms with E-state index in [1.165, 1.54) is 25.7 Å². The third kappa shape index (κ3) is 8.26. The van der Waals surface area contributed by atoms with Crippen molar-refractivity contribution >= 4 is 0 Å². The molecule has 0 bridgehead atoms. The highest BCUT2D eigenvalue weighted by molar-refractivity contribution is 4.63. The van der Waals surface area contributed by atoms with Gasteiger partial charge in [0.1, 0.15) is 0 Å². The summed E-state index contributed by atoms with van der Waals surface area (Å²) in [5.41, 5.74) is 0. The molecule has 0 saturated carbocycles. The van der Waals surface area contributed by atoms with E-state index in [1.807, 2.05) is 6.92 Å². The van der Waals surface area contributed by atoms with Gasteiger partial charge in [-0.15, -0.1) is 0 Å². The molecule has 2 nitrogen and oxygen atoms in total. The van der Waals surface area contributed by atoms with Crippen molar-refractivity contribution in [2.75, 3.05) is 19.8 Å². The summed E-state index contributed by atoms with van der Waals surface area (Å²) >= 11 is 0. The quantitative estimate of drug-likeness (QED) is 0.560. The molecule has 1 atom stereocenters. The summed E-state index contributed by atoms with van der Waals surface area (Å²) in [5.74, 6) is 0. The highest BCUT2D eigenvalue weighted by Gasteiger charge is 2.02. The first-order valence-electron chi connectivity index (χ1n) is 5.66. The van der Waals surface area contributed by atoms with Crippen LogP contribution in [-0.2, 0) is 4.74 Å². The Morgan fingerprint density at radius 2 is 1.92 bits per heavy atom. The van der Waals surface area contributed by atoms with Crippen molar-refractivity contribution in [3.8, 4) is 0 Å². The maximum atomic E-state index is 5.29. The molecule has 0 aromatic heterocycles. The maximum Gasteiger partial charge on any atom is 0.0465 e. The van der Waals surface area contributed by atoms with Gasteiger partial charge in [-0.3, -0.25) is 0 Å². The first kappa shape index (κ1) is 12.9. The minimum Gasteiger partial charge on any atom is -0.382 e. The molecule has 0 aliphatic carbocycles. The molecule has 2 heteroatoms. The minimum absolute atomic E-state index is 0.714. The smallest absolute Gasteiger partial charge is 0.0465 e. The Morgan fingerprint density at radius 3 is 2.46 bits per heavy atom. The van der Waals surface area contributed by atoms with Crippen molar-refractivity contribution in [1.82, 2.24) is 5.32 Å². The van der Waals surface area contributed by atoms with Gasteiger partial charge >= 0.3 is 0 Å². The fourth-order valence-corrected chi connectivity index (χ4v) is 1.48. The maximum absolute atomic E-state index is 5.29. The summed E-state index contributed by atoms with van der Waals surface area (Å²) in [4.78, 5) is 0. The van der Waals surface area contributed by atoms with Gasteiger partial charge in [-0.05, 0) is 39.2 Å². The molecule has 0 rings (SSSR count). The summed E-state index contributed by atoms with van der Waals surface area (Å²) in [5, 5.41) is 3.48. The van der Waals surface area contributed by atoms with Crippen LogP contribution in [-0.4, -0.2) is 25.8 Å². The van der Waals surface area contributed by atoms with Gasteiger partial charge in [0.25, 0.3) is 0 Å². The summed E-state index contributed by atoms with van der Waals surface area (Å²) in [6.45, 7) is 9.33. The molecule has 0 amide bonds. The topological polar surface area (TPSA) is 21.3 Å². The average Bonchev–Trinajstić information content (AvgIpc) is 2.16. The van der Waals surface area contributed by atoms with Gasteiger partial charge in [-0.2, -0.15) is 0 Å². The largest absolute Gasteiger partial charge is 0.382 e. The van der Waals surface area contributed by atoms with E-state index in [1.54, 1.807) is 0 Å². The van der Waals surface area contributed by atoms with E-state index >= 15 is 0 Å². The van der Waals surface area contributed by atoms with Crippen molar-refractivity contribution in [2.24, 2.45) is 0 Å². The third-order valence-corrected chi connectivity index (χ3v) is 2.28. The van der Waals surface area contributed by atoms with Crippen LogP contribution in [0.5, 0.6) is 0 Å². The van der Waals surface area contributed by atoms with Crippen molar-refractivity contribution < 1.29 is 4.74 Å². The lowest BCUT2D eigenvalue weighted by Gasteiger charge is -2.15. The minimum atomic E-state index is 0.714. The van der Waals surface area contributed by atoms with E-state index in [0.717, 1.165) is 19.8 Å². The Hall–Kier alpha value is -0.0800. The van der Waals surface area contributed by atoms with Gasteiger partial charge in [0.2, 0.25) is 0 Å². The van der Waals surface area contributed by atoms with Crippen LogP contribution in [0, 0.1) is 0 Å². The van der Waals surface area contributed by atoms with Crippen LogP contribution < -0.4 is 5.32 Å². The van der Waals surface area contributed by atoms with E-state index < -0.39 is 0 Å². The Labute approximate surface area is 83.1 Å². The lowest BCUT2D eigenvalue weighted by atomic mass is 10.1. The Bertz CT molecular complexity index is 96.1. The van der Waals surface area contributed by atoms with Crippen LogP contribution in [0.3, 0.4) is 0 Å². The number of unbranched alkanes of at least 4 members (excludes halogenated alkanes) is 1. The monoisotopic (exact) mass is 187 g/mol. The highest BCUT2D eigenvalue weighted by atomic mass is 16.5.